The summed E-state index contributed by atoms with van der Waals surface area (Å²) in [5, 5.41) is 0. The Hall–Kier alpha value is -1.94. The Bertz CT molecular complexity index is 683. The molecular weight excluding hydrogens is 331 g/mol. The van der Waals surface area contributed by atoms with Crippen molar-refractivity contribution in [2.75, 3.05) is 0 Å². The zero-order valence-electron chi connectivity index (χ0n) is 10.2. The first kappa shape index (κ1) is 16.4. The van der Waals surface area contributed by atoms with Crippen LogP contribution in [0.2, 0.25) is 0 Å². The molecule has 2 aromatic rings. The molecule has 2 nitrogen and oxygen atoms in total. The lowest BCUT2D eigenvalue weighted by atomic mass is 10.2. The van der Waals surface area contributed by atoms with Crippen LogP contribution in [0.5, 0.6) is 0 Å². The first-order valence-corrected chi connectivity index (χ1v) is 5.50. The van der Waals surface area contributed by atoms with Gasteiger partial charge < -0.3 is 0 Å². The van der Waals surface area contributed by atoms with Crippen molar-refractivity contribution >= 4 is 11.0 Å². The van der Waals surface area contributed by atoms with Crippen molar-refractivity contribution in [3.05, 3.63) is 30.1 Å². The average Bonchev–Trinajstić information content (AvgIpc) is 2.76. The minimum absolute atomic E-state index is 0.635. The number of halogens is 9. The topological polar surface area (TPSA) is 17.8 Å². The van der Waals surface area contributed by atoms with Gasteiger partial charge >= 0.3 is 18.4 Å². The van der Waals surface area contributed by atoms with Gasteiger partial charge in [-0.25, -0.2) is 9.37 Å². The fraction of sp³-hybridized carbons (Fsp3) is 0.364. The van der Waals surface area contributed by atoms with Gasteiger partial charge in [-0.2, -0.15) is 35.1 Å². The summed E-state index contributed by atoms with van der Waals surface area (Å²) in [5.74, 6) is -2.31. The number of benzene rings is 1. The number of hydrogen-bond acceptors (Lipinski definition) is 1. The second-order valence-electron chi connectivity index (χ2n) is 4.25. The molecule has 0 amide bonds. The van der Waals surface area contributed by atoms with E-state index in [1.807, 2.05) is 0 Å². The molecule has 22 heavy (non-hydrogen) atoms. The molecule has 0 saturated heterocycles. The molecule has 1 aromatic carbocycles. The third kappa shape index (κ3) is 2.59. The molecular formula is C11H5F9N2. The maximum atomic E-state index is 13.7. The van der Waals surface area contributed by atoms with Crippen LogP contribution < -0.4 is 0 Å². The van der Waals surface area contributed by atoms with Crippen LogP contribution >= 0.6 is 0 Å². The third-order valence-electron chi connectivity index (χ3n) is 2.70. The molecule has 11 heteroatoms. The predicted octanol–water partition coefficient (Wildman–Crippen LogP) is 4.50. The van der Waals surface area contributed by atoms with Gasteiger partial charge in [0.05, 0.1) is 11.0 Å². The molecule has 0 bridgehead atoms. The van der Waals surface area contributed by atoms with Gasteiger partial charge in [-0.15, -0.1) is 0 Å². The largest absolute Gasteiger partial charge is 0.449 e. The number of para-hydroxylation sites is 2. The third-order valence-corrected chi connectivity index (χ3v) is 2.70. The second-order valence-corrected chi connectivity index (χ2v) is 4.25. The fourth-order valence-electron chi connectivity index (χ4n) is 1.83. The van der Waals surface area contributed by atoms with Crippen LogP contribution in [0.15, 0.2) is 24.3 Å². The van der Waals surface area contributed by atoms with E-state index in [9.17, 15) is 39.5 Å². The molecule has 1 heterocycles. The minimum atomic E-state index is -6.04. The highest BCUT2D eigenvalue weighted by molar-refractivity contribution is 5.76. The van der Waals surface area contributed by atoms with Gasteiger partial charge in [0.25, 0.3) is 6.17 Å². The van der Waals surface area contributed by atoms with Crippen LogP contribution in [0.3, 0.4) is 0 Å². The van der Waals surface area contributed by atoms with E-state index in [1.54, 1.807) is 0 Å². The summed E-state index contributed by atoms with van der Waals surface area (Å²) in [5.41, 5.74) is -1.60. The Morgan fingerprint density at radius 1 is 0.909 bits per heavy atom. The van der Waals surface area contributed by atoms with Crippen LogP contribution in [0.25, 0.3) is 11.0 Å². The number of fused-ring (bicyclic) bond motifs is 1. The van der Waals surface area contributed by atoms with E-state index in [1.165, 1.54) is 0 Å². The van der Waals surface area contributed by atoms with E-state index in [0.29, 0.717) is 6.07 Å². The summed E-state index contributed by atoms with van der Waals surface area (Å²) in [6.45, 7) is 0. The number of nitrogens with zero attached hydrogens (tertiary/aromatic N) is 2. The molecule has 0 spiro atoms. The van der Waals surface area contributed by atoms with Gasteiger partial charge in [-0.1, -0.05) is 12.1 Å². The molecule has 122 valence electrons. The summed E-state index contributed by atoms with van der Waals surface area (Å²) in [6.07, 6.45) is -16.4. The van der Waals surface area contributed by atoms with Crippen molar-refractivity contribution < 1.29 is 39.5 Å². The number of hydrogen-bond donors (Lipinski definition) is 0. The maximum Gasteiger partial charge on any atom is 0.449 e. The van der Waals surface area contributed by atoms with Crippen molar-refractivity contribution in [1.29, 1.82) is 0 Å². The van der Waals surface area contributed by atoms with Crippen molar-refractivity contribution in [3.8, 4) is 0 Å². The van der Waals surface area contributed by atoms with Crippen LogP contribution in [-0.2, 0) is 12.2 Å². The zero-order chi connectivity index (χ0) is 16.9. The molecule has 1 atom stereocenters. The highest BCUT2D eigenvalue weighted by Crippen LogP contribution is 2.43. The van der Waals surface area contributed by atoms with E-state index < -0.39 is 46.0 Å². The van der Waals surface area contributed by atoms with Crippen molar-refractivity contribution in [1.82, 2.24) is 9.55 Å². The summed E-state index contributed by atoms with van der Waals surface area (Å²) in [6, 6.07) is -1.78. The molecule has 1 unspecified atom stereocenters. The van der Waals surface area contributed by atoms with Gasteiger partial charge in [0.2, 0.25) is 5.82 Å². The zero-order valence-corrected chi connectivity index (χ0v) is 10.2. The molecule has 0 aliphatic carbocycles. The molecule has 2 rings (SSSR count). The molecule has 1 aromatic heterocycles. The number of aromatic nitrogens is 2. The van der Waals surface area contributed by atoms with Gasteiger partial charge in [0.15, 0.2) is 0 Å². The summed E-state index contributed by atoms with van der Waals surface area (Å²) < 4.78 is 114. The highest BCUT2D eigenvalue weighted by Gasteiger charge is 2.60. The van der Waals surface area contributed by atoms with Gasteiger partial charge in [0.1, 0.15) is 0 Å². The maximum absolute atomic E-state index is 13.7. The van der Waals surface area contributed by atoms with Crippen molar-refractivity contribution in [2.24, 2.45) is 0 Å². The number of rotatable bonds is 2. The summed E-state index contributed by atoms with van der Waals surface area (Å²) in [7, 11) is 0. The van der Waals surface area contributed by atoms with Crippen LogP contribution in [0.4, 0.5) is 39.5 Å². The molecule has 0 aliphatic heterocycles. The lowest BCUT2D eigenvalue weighted by Gasteiger charge is -2.26. The van der Waals surface area contributed by atoms with E-state index in [0.717, 1.165) is 18.2 Å². The van der Waals surface area contributed by atoms with Crippen LogP contribution in [-0.4, -0.2) is 21.9 Å². The average molecular weight is 336 g/mol. The predicted molar refractivity (Wildman–Crippen MR) is 55.9 cm³/mol. The Balaban J connectivity index is 2.78. The molecule has 0 N–H and O–H groups in total. The SMILES string of the molecule is FC(C(F)(F)F)C(F)(F)n1c(C(F)(F)F)nc2ccccc21. The fourth-order valence-corrected chi connectivity index (χ4v) is 1.83. The lowest BCUT2D eigenvalue weighted by molar-refractivity contribution is -0.275. The standard InChI is InChI=1S/C11H5F9N2/c12-7(9(13,14)15)11(19,20)22-6-4-2-1-3-5(6)21-8(22)10(16,17)18/h1-4,7H. The van der Waals surface area contributed by atoms with Crippen LogP contribution in [0.1, 0.15) is 5.82 Å². The Morgan fingerprint density at radius 3 is 1.95 bits per heavy atom. The van der Waals surface area contributed by atoms with E-state index in [4.69, 9.17) is 0 Å². The molecule has 0 radical (unpaired) electrons. The van der Waals surface area contributed by atoms with Crippen molar-refractivity contribution in [3.63, 3.8) is 0 Å². The lowest BCUT2D eigenvalue weighted by Crippen LogP contribution is -2.45. The van der Waals surface area contributed by atoms with Gasteiger partial charge in [0, 0.05) is 0 Å². The first-order chi connectivity index (χ1) is 9.87. The quantitative estimate of drug-likeness (QED) is 0.738. The Kier molecular flexibility index (Phi) is 3.57. The number of imidazole rings is 1. The van der Waals surface area contributed by atoms with E-state index >= 15 is 0 Å². The summed E-state index contributed by atoms with van der Waals surface area (Å²) >= 11 is 0. The minimum Gasteiger partial charge on any atom is -0.257 e. The molecule has 0 fully saturated rings. The summed E-state index contributed by atoms with van der Waals surface area (Å²) in [4.78, 5) is 2.84. The molecule has 0 saturated carbocycles. The normalized spacial score (nSPS) is 15.3. The van der Waals surface area contributed by atoms with Crippen molar-refractivity contribution in [2.45, 2.75) is 24.6 Å². The van der Waals surface area contributed by atoms with Gasteiger partial charge in [-0.05, 0) is 12.1 Å². The van der Waals surface area contributed by atoms with E-state index in [2.05, 4.69) is 4.98 Å². The van der Waals surface area contributed by atoms with Crippen LogP contribution in [0, 0.1) is 0 Å². The Labute approximate surface area is 116 Å². The number of alkyl halides is 9. The monoisotopic (exact) mass is 336 g/mol. The second kappa shape index (κ2) is 4.78. The van der Waals surface area contributed by atoms with Gasteiger partial charge in [-0.3, -0.25) is 4.57 Å². The highest BCUT2D eigenvalue weighted by atomic mass is 19.4. The Morgan fingerprint density at radius 2 is 1.45 bits per heavy atom. The smallest absolute Gasteiger partial charge is 0.257 e. The molecule has 0 aliphatic rings. The van der Waals surface area contributed by atoms with E-state index in [-0.39, 0.29) is 0 Å². The first-order valence-electron chi connectivity index (χ1n) is 5.50.